The van der Waals surface area contributed by atoms with Gasteiger partial charge in [-0.3, -0.25) is 0 Å². The van der Waals surface area contributed by atoms with Crippen molar-refractivity contribution >= 4 is 8.80 Å². The van der Waals surface area contributed by atoms with Crippen LogP contribution in [0, 0.1) is 0 Å². The third-order valence-electron chi connectivity index (χ3n) is 2.44. The zero-order valence-corrected chi connectivity index (χ0v) is 11.0. The summed E-state index contributed by atoms with van der Waals surface area (Å²) in [6.45, 7) is 7.95. The number of hydrogen-bond acceptors (Lipinski definition) is 3. The number of allylic oxidation sites excluding steroid dienone is 2. The highest BCUT2D eigenvalue weighted by molar-refractivity contribution is 6.68. The van der Waals surface area contributed by atoms with Crippen molar-refractivity contribution < 1.29 is 13.3 Å². The van der Waals surface area contributed by atoms with Gasteiger partial charge in [-0.2, -0.15) is 0 Å². The standard InChI is InChI=1S/C11H22O3Si/c1-4-12-15(13-5-2,14-6-3)11-9-7-8-10-11/h9H,4-8,10H2,1-3H3. The van der Waals surface area contributed by atoms with Crippen molar-refractivity contribution in [1.82, 2.24) is 0 Å². The first-order chi connectivity index (χ1) is 7.29. The molecule has 0 saturated heterocycles. The Labute approximate surface area is 93.8 Å². The van der Waals surface area contributed by atoms with E-state index in [9.17, 15) is 0 Å². The Morgan fingerprint density at radius 1 is 1.07 bits per heavy atom. The molecule has 0 saturated carbocycles. The van der Waals surface area contributed by atoms with Gasteiger partial charge < -0.3 is 13.3 Å². The lowest BCUT2D eigenvalue weighted by Crippen LogP contribution is -2.48. The summed E-state index contributed by atoms with van der Waals surface area (Å²) in [5.41, 5.74) is 0. The van der Waals surface area contributed by atoms with Gasteiger partial charge in [0.1, 0.15) is 0 Å². The fourth-order valence-corrected chi connectivity index (χ4v) is 4.75. The zero-order valence-electron chi connectivity index (χ0n) is 10.0. The van der Waals surface area contributed by atoms with E-state index in [-0.39, 0.29) is 0 Å². The van der Waals surface area contributed by atoms with Gasteiger partial charge in [0.25, 0.3) is 0 Å². The molecule has 0 atom stereocenters. The van der Waals surface area contributed by atoms with Gasteiger partial charge in [0.15, 0.2) is 0 Å². The molecule has 0 aromatic carbocycles. The second-order valence-electron chi connectivity index (χ2n) is 3.48. The molecule has 0 heterocycles. The highest BCUT2D eigenvalue weighted by atomic mass is 28.4. The van der Waals surface area contributed by atoms with Gasteiger partial charge in [-0.1, -0.05) is 6.08 Å². The van der Waals surface area contributed by atoms with E-state index < -0.39 is 8.80 Å². The molecule has 0 fully saturated rings. The molecule has 0 aromatic heterocycles. The minimum absolute atomic E-state index is 0.656. The third-order valence-corrected chi connectivity index (χ3v) is 5.68. The lowest BCUT2D eigenvalue weighted by Gasteiger charge is -2.29. The minimum Gasteiger partial charge on any atom is -0.370 e. The quantitative estimate of drug-likeness (QED) is 0.629. The minimum atomic E-state index is -2.50. The molecule has 0 amide bonds. The molecular weight excluding hydrogens is 208 g/mol. The van der Waals surface area contributed by atoms with Gasteiger partial charge in [0, 0.05) is 19.8 Å². The molecule has 0 radical (unpaired) electrons. The van der Waals surface area contributed by atoms with Crippen LogP contribution in [0.1, 0.15) is 40.0 Å². The maximum atomic E-state index is 5.82. The van der Waals surface area contributed by atoms with Crippen LogP contribution in [-0.2, 0) is 13.3 Å². The molecular formula is C11H22O3Si. The van der Waals surface area contributed by atoms with E-state index in [0.717, 1.165) is 12.8 Å². The van der Waals surface area contributed by atoms with Crippen LogP contribution in [0.2, 0.25) is 0 Å². The molecule has 4 heteroatoms. The van der Waals surface area contributed by atoms with Crippen LogP contribution in [0.4, 0.5) is 0 Å². The van der Waals surface area contributed by atoms with E-state index in [1.165, 1.54) is 11.6 Å². The van der Waals surface area contributed by atoms with Crippen molar-refractivity contribution in [3.63, 3.8) is 0 Å². The molecule has 3 nitrogen and oxygen atoms in total. The molecule has 88 valence electrons. The van der Waals surface area contributed by atoms with E-state index >= 15 is 0 Å². The second kappa shape index (κ2) is 6.43. The Morgan fingerprint density at radius 3 is 1.93 bits per heavy atom. The van der Waals surface area contributed by atoms with Crippen LogP contribution >= 0.6 is 0 Å². The van der Waals surface area contributed by atoms with E-state index in [1.807, 2.05) is 20.8 Å². The second-order valence-corrected chi connectivity index (χ2v) is 6.10. The molecule has 15 heavy (non-hydrogen) atoms. The van der Waals surface area contributed by atoms with Crippen molar-refractivity contribution in [3.8, 4) is 0 Å². The van der Waals surface area contributed by atoms with E-state index in [4.69, 9.17) is 13.3 Å². The highest BCUT2D eigenvalue weighted by Gasteiger charge is 2.45. The van der Waals surface area contributed by atoms with Crippen molar-refractivity contribution in [3.05, 3.63) is 11.3 Å². The van der Waals surface area contributed by atoms with E-state index in [0.29, 0.717) is 19.8 Å². The van der Waals surface area contributed by atoms with Gasteiger partial charge in [-0.15, -0.1) is 0 Å². The summed E-state index contributed by atoms with van der Waals surface area (Å²) < 4.78 is 17.5. The molecule has 1 aliphatic carbocycles. The van der Waals surface area contributed by atoms with Crippen molar-refractivity contribution in [1.29, 1.82) is 0 Å². The zero-order chi connectivity index (χ0) is 11.1. The van der Waals surface area contributed by atoms with Crippen molar-refractivity contribution in [2.75, 3.05) is 19.8 Å². The first kappa shape index (κ1) is 12.9. The van der Waals surface area contributed by atoms with Crippen LogP contribution in [-0.4, -0.2) is 28.6 Å². The molecule has 0 bridgehead atoms. The van der Waals surface area contributed by atoms with Crippen LogP contribution in [0.15, 0.2) is 11.3 Å². The highest BCUT2D eigenvalue weighted by Crippen LogP contribution is 2.29. The van der Waals surface area contributed by atoms with Crippen LogP contribution < -0.4 is 0 Å². The topological polar surface area (TPSA) is 27.7 Å². The molecule has 0 spiro atoms. The Bertz CT molecular complexity index is 199. The van der Waals surface area contributed by atoms with Crippen LogP contribution in [0.25, 0.3) is 0 Å². The molecule has 0 unspecified atom stereocenters. The lowest BCUT2D eigenvalue weighted by atomic mass is 10.4. The fourth-order valence-electron chi connectivity index (χ4n) is 1.92. The predicted molar refractivity (Wildman–Crippen MR) is 62.6 cm³/mol. The van der Waals surface area contributed by atoms with E-state index in [1.54, 1.807) is 0 Å². The summed E-state index contributed by atoms with van der Waals surface area (Å²) in [5, 5.41) is 1.29. The van der Waals surface area contributed by atoms with Gasteiger partial charge >= 0.3 is 8.80 Å². The summed E-state index contributed by atoms with van der Waals surface area (Å²) in [6.07, 6.45) is 5.66. The van der Waals surface area contributed by atoms with Crippen molar-refractivity contribution in [2.24, 2.45) is 0 Å². The van der Waals surface area contributed by atoms with Gasteiger partial charge in [-0.25, -0.2) is 0 Å². The summed E-state index contributed by atoms with van der Waals surface area (Å²) in [4.78, 5) is 0. The van der Waals surface area contributed by atoms with Crippen LogP contribution in [0.3, 0.4) is 0 Å². The lowest BCUT2D eigenvalue weighted by molar-refractivity contribution is 0.0801. The Balaban J connectivity index is 2.78. The Hall–Kier alpha value is -0.163. The maximum absolute atomic E-state index is 5.82. The first-order valence-corrected chi connectivity index (χ1v) is 7.62. The molecule has 0 aromatic rings. The predicted octanol–water partition coefficient (Wildman–Crippen LogP) is 2.68. The fraction of sp³-hybridized carbons (Fsp3) is 0.818. The maximum Gasteiger partial charge on any atom is 0.532 e. The number of hydrogen-bond donors (Lipinski definition) is 0. The van der Waals surface area contributed by atoms with Gasteiger partial charge in [-0.05, 0) is 45.2 Å². The van der Waals surface area contributed by atoms with Gasteiger partial charge in [0.2, 0.25) is 0 Å². The third kappa shape index (κ3) is 3.14. The summed E-state index contributed by atoms with van der Waals surface area (Å²) in [7, 11) is -2.50. The van der Waals surface area contributed by atoms with E-state index in [2.05, 4.69) is 6.08 Å². The Morgan fingerprint density at radius 2 is 1.60 bits per heavy atom. The molecule has 1 rings (SSSR count). The number of rotatable bonds is 7. The summed E-state index contributed by atoms with van der Waals surface area (Å²) in [5.74, 6) is 0. The summed E-state index contributed by atoms with van der Waals surface area (Å²) >= 11 is 0. The average molecular weight is 230 g/mol. The summed E-state index contributed by atoms with van der Waals surface area (Å²) in [6, 6.07) is 0. The molecule has 1 aliphatic rings. The smallest absolute Gasteiger partial charge is 0.370 e. The van der Waals surface area contributed by atoms with Gasteiger partial charge in [0.05, 0.1) is 0 Å². The van der Waals surface area contributed by atoms with Crippen LogP contribution in [0.5, 0.6) is 0 Å². The Kier molecular flexibility index (Phi) is 5.53. The molecule has 0 N–H and O–H groups in total. The molecule has 0 aliphatic heterocycles. The normalized spacial score (nSPS) is 16.9. The largest absolute Gasteiger partial charge is 0.532 e. The average Bonchev–Trinajstić information content (AvgIpc) is 2.72. The first-order valence-electron chi connectivity index (χ1n) is 5.90. The monoisotopic (exact) mass is 230 g/mol. The SMILES string of the molecule is CCO[Si](OCC)(OCC)C1=CCCC1. The van der Waals surface area contributed by atoms with Crippen molar-refractivity contribution in [2.45, 2.75) is 40.0 Å².